The van der Waals surface area contributed by atoms with Crippen molar-refractivity contribution in [2.45, 2.75) is 30.2 Å². The SMILES string of the molecule is NC(CNC(=O)CCNS(=O)(=O)c1ccc(Br)cc1)C1CC1. The number of amides is 1. The molecule has 0 aliphatic heterocycles. The number of rotatable bonds is 8. The molecular weight excluding hydrogens is 370 g/mol. The van der Waals surface area contributed by atoms with Crippen LogP contribution in [0.3, 0.4) is 0 Å². The fraction of sp³-hybridized carbons (Fsp3) is 0.500. The summed E-state index contributed by atoms with van der Waals surface area (Å²) in [5.74, 6) is 0.325. The first-order valence-corrected chi connectivity index (χ1v) is 9.43. The molecule has 122 valence electrons. The van der Waals surface area contributed by atoms with Crippen molar-refractivity contribution >= 4 is 31.9 Å². The van der Waals surface area contributed by atoms with Gasteiger partial charge in [-0.1, -0.05) is 15.9 Å². The largest absolute Gasteiger partial charge is 0.354 e. The summed E-state index contributed by atoms with van der Waals surface area (Å²) >= 11 is 3.25. The Morgan fingerprint density at radius 1 is 1.32 bits per heavy atom. The van der Waals surface area contributed by atoms with E-state index in [1.807, 2.05) is 0 Å². The summed E-state index contributed by atoms with van der Waals surface area (Å²) < 4.78 is 27.2. The molecule has 8 heteroatoms. The Hall–Kier alpha value is -0.960. The van der Waals surface area contributed by atoms with Crippen molar-refractivity contribution < 1.29 is 13.2 Å². The van der Waals surface area contributed by atoms with Crippen LogP contribution in [0.5, 0.6) is 0 Å². The van der Waals surface area contributed by atoms with Crippen molar-refractivity contribution in [3.8, 4) is 0 Å². The third-order valence-corrected chi connectivity index (χ3v) is 5.54. The number of carbonyl (C=O) groups is 1. The zero-order chi connectivity index (χ0) is 16.2. The lowest BCUT2D eigenvalue weighted by Crippen LogP contribution is -2.39. The molecule has 6 nitrogen and oxygen atoms in total. The maximum atomic E-state index is 12.0. The first kappa shape index (κ1) is 17.4. The van der Waals surface area contributed by atoms with Crippen LogP contribution in [-0.2, 0) is 14.8 Å². The van der Waals surface area contributed by atoms with E-state index in [4.69, 9.17) is 5.73 Å². The first-order chi connectivity index (χ1) is 10.4. The molecule has 0 spiro atoms. The van der Waals surface area contributed by atoms with Gasteiger partial charge in [0.2, 0.25) is 15.9 Å². The molecule has 1 aliphatic carbocycles. The van der Waals surface area contributed by atoms with E-state index in [2.05, 4.69) is 26.0 Å². The molecular formula is C14H20BrN3O3S. The molecule has 2 rings (SSSR count). The maximum Gasteiger partial charge on any atom is 0.240 e. The van der Waals surface area contributed by atoms with Gasteiger partial charge in [-0.3, -0.25) is 4.79 Å². The summed E-state index contributed by atoms with van der Waals surface area (Å²) in [6.45, 7) is 0.506. The van der Waals surface area contributed by atoms with Gasteiger partial charge >= 0.3 is 0 Å². The molecule has 0 heterocycles. The van der Waals surface area contributed by atoms with Crippen LogP contribution in [0.1, 0.15) is 19.3 Å². The summed E-state index contributed by atoms with van der Waals surface area (Å²) in [5.41, 5.74) is 5.88. The van der Waals surface area contributed by atoms with E-state index >= 15 is 0 Å². The number of nitrogens with one attached hydrogen (secondary N) is 2. The molecule has 1 saturated carbocycles. The smallest absolute Gasteiger partial charge is 0.240 e. The number of halogens is 1. The Balaban J connectivity index is 1.72. The minimum absolute atomic E-state index is 0.00315. The van der Waals surface area contributed by atoms with Gasteiger partial charge in [0.1, 0.15) is 0 Å². The quantitative estimate of drug-likeness (QED) is 0.616. The normalized spacial score (nSPS) is 16.3. The van der Waals surface area contributed by atoms with Gasteiger partial charge in [0, 0.05) is 30.0 Å². The number of nitrogens with two attached hydrogens (primary N) is 1. The van der Waals surface area contributed by atoms with E-state index in [1.165, 1.54) is 12.1 Å². The molecule has 0 aromatic heterocycles. The summed E-state index contributed by atoms with van der Waals surface area (Å²) in [6, 6.07) is 6.31. The van der Waals surface area contributed by atoms with Crippen LogP contribution in [0, 0.1) is 5.92 Å². The van der Waals surface area contributed by atoms with E-state index in [0.717, 1.165) is 17.3 Å². The minimum atomic E-state index is -3.58. The average Bonchev–Trinajstić information content (AvgIpc) is 3.29. The van der Waals surface area contributed by atoms with Crippen molar-refractivity contribution in [3.05, 3.63) is 28.7 Å². The second kappa shape index (κ2) is 7.54. The van der Waals surface area contributed by atoms with Gasteiger partial charge in [-0.2, -0.15) is 0 Å². The molecule has 1 amide bonds. The third kappa shape index (κ3) is 5.35. The van der Waals surface area contributed by atoms with Crippen LogP contribution in [-0.4, -0.2) is 33.5 Å². The molecule has 0 radical (unpaired) electrons. The molecule has 1 atom stereocenters. The lowest BCUT2D eigenvalue weighted by atomic mass is 10.2. The van der Waals surface area contributed by atoms with E-state index < -0.39 is 10.0 Å². The second-order valence-electron chi connectivity index (χ2n) is 5.41. The van der Waals surface area contributed by atoms with Crippen LogP contribution < -0.4 is 15.8 Å². The van der Waals surface area contributed by atoms with Crippen LogP contribution in [0.15, 0.2) is 33.6 Å². The van der Waals surface area contributed by atoms with Gasteiger partial charge in [0.05, 0.1) is 4.90 Å². The van der Waals surface area contributed by atoms with Gasteiger partial charge in [-0.15, -0.1) is 0 Å². The standard InChI is InChI=1S/C14H20BrN3O3S/c15-11-3-5-12(6-4-11)22(20,21)18-8-7-14(19)17-9-13(16)10-1-2-10/h3-6,10,13,18H,1-2,7-9,16H2,(H,17,19). The number of carbonyl (C=O) groups excluding carboxylic acids is 1. The Kier molecular flexibility index (Phi) is 5.96. The summed E-state index contributed by atoms with van der Waals surface area (Å²) in [6.07, 6.45) is 2.35. The van der Waals surface area contributed by atoms with Gasteiger partial charge in [0.15, 0.2) is 0 Å². The molecule has 1 fully saturated rings. The summed E-state index contributed by atoms with van der Waals surface area (Å²) in [5, 5.41) is 2.73. The van der Waals surface area contributed by atoms with Gasteiger partial charge in [-0.05, 0) is 43.0 Å². The highest BCUT2D eigenvalue weighted by Crippen LogP contribution is 2.31. The first-order valence-electron chi connectivity index (χ1n) is 7.16. The van der Waals surface area contributed by atoms with Crippen molar-refractivity contribution in [1.29, 1.82) is 0 Å². The highest BCUT2D eigenvalue weighted by molar-refractivity contribution is 9.10. The maximum absolute atomic E-state index is 12.0. The predicted octanol–water partition coefficient (Wildman–Crippen LogP) is 0.971. The monoisotopic (exact) mass is 389 g/mol. The number of benzene rings is 1. The van der Waals surface area contributed by atoms with E-state index in [1.54, 1.807) is 12.1 Å². The van der Waals surface area contributed by atoms with Crippen molar-refractivity contribution in [3.63, 3.8) is 0 Å². The van der Waals surface area contributed by atoms with Crippen molar-refractivity contribution in [2.24, 2.45) is 11.7 Å². The number of hydrogen-bond acceptors (Lipinski definition) is 4. The topological polar surface area (TPSA) is 101 Å². The van der Waals surface area contributed by atoms with Crippen LogP contribution in [0.2, 0.25) is 0 Å². The predicted molar refractivity (Wildman–Crippen MR) is 87.7 cm³/mol. The van der Waals surface area contributed by atoms with Gasteiger partial charge in [0.25, 0.3) is 0 Å². The lowest BCUT2D eigenvalue weighted by molar-refractivity contribution is -0.121. The molecule has 1 aromatic rings. The molecule has 1 unspecified atom stereocenters. The molecule has 1 aromatic carbocycles. The minimum Gasteiger partial charge on any atom is -0.354 e. The number of hydrogen-bond donors (Lipinski definition) is 3. The van der Waals surface area contributed by atoms with Crippen LogP contribution >= 0.6 is 15.9 Å². The fourth-order valence-electron chi connectivity index (χ4n) is 2.01. The van der Waals surface area contributed by atoms with Gasteiger partial charge in [-0.25, -0.2) is 13.1 Å². The van der Waals surface area contributed by atoms with E-state index in [9.17, 15) is 13.2 Å². The fourth-order valence-corrected chi connectivity index (χ4v) is 3.30. The Morgan fingerprint density at radius 3 is 2.55 bits per heavy atom. The Morgan fingerprint density at radius 2 is 1.95 bits per heavy atom. The highest BCUT2D eigenvalue weighted by atomic mass is 79.9. The third-order valence-electron chi connectivity index (χ3n) is 3.53. The van der Waals surface area contributed by atoms with Crippen molar-refractivity contribution in [1.82, 2.24) is 10.0 Å². The highest BCUT2D eigenvalue weighted by Gasteiger charge is 2.28. The average molecular weight is 390 g/mol. The van der Waals surface area contributed by atoms with Crippen LogP contribution in [0.25, 0.3) is 0 Å². The Labute approximate surface area is 139 Å². The van der Waals surface area contributed by atoms with Crippen LogP contribution in [0.4, 0.5) is 0 Å². The van der Waals surface area contributed by atoms with Crippen molar-refractivity contribution in [2.75, 3.05) is 13.1 Å². The second-order valence-corrected chi connectivity index (χ2v) is 8.09. The number of sulfonamides is 1. The molecule has 1 aliphatic rings. The molecule has 0 bridgehead atoms. The molecule has 4 N–H and O–H groups in total. The summed E-state index contributed by atoms with van der Waals surface area (Å²) in [4.78, 5) is 11.8. The van der Waals surface area contributed by atoms with E-state index in [0.29, 0.717) is 12.5 Å². The zero-order valence-electron chi connectivity index (χ0n) is 12.1. The van der Waals surface area contributed by atoms with Gasteiger partial charge < -0.3 is 11.1 Å². The van der Waals surface area contributed by atoms with E-state index in [-0.39, 0.29) is 29.8 Å². The Bertz CT molecular complexity index is 615. The lowest BCUT2D eigenvalue weighted by Gasteiger charge is -2.12. The zero-order valence-corrected chi connectivity index (χ0v) is 14.5. The molecule has 0 saturated heterocycles. The summed E-state index contributed by atoms with van der Waals surface area (Å²) in [7, 11) is -3.58. The molecule has 22 heavy (non-hydrogen) atoms.